The zero-order valence-corrected chi connectivity index (χ0v) is 80.1. The Morgan fingerprint density at radius 1 is 0.475 bits per heavy atom. The third kappa shape index (κ3) is 36.7. The lowest BCUT2D eigenvalue weighted by molar-refractivity contribution is -0.147. The number of aromatic hydroxyl groups is 1. The van der Waals surface area contributed by atoms with Gasteiger partial charge in [-0.25, -0.2) is 0 Å². The SMILES string of the molecule is CC[C@@H]1NC(=O)[C@H](Cc2ccc(-c3ccccc3)cc2)NC(=O)[C@H](CC(C)C)NC(=O)[C@H](Cc2c[nH]c3ccccc23)NC(=O)[C@H](CC(=O)O)NC(=O)[C@H](Cc2ccc(O)cc2)NC(=O)[C@H](Cc2ccccc2)NC(=O)CSC[C@@H](C(=O)NCC(N)=O)NC(=O)[C@H](CO)NC(=O)[C@H](C(C)C)NC(=O)[C@H](CC(C)C)NC(=O)[C@H](CCCNC(=N)N)NC(=O)CN(C)C(=O)[C@H](CCCNC(=N)N)N(C)C1=O. The van der Waals surface area contributed by atoms with E-state index < -0.39 is 247 Å². The second-order valence-electron chi connectivity index (χ2n) is 35.2. The Balaban J connectivity index is 1.34. The molecule has 139 heavy (non-hydrogen) atoms. The predicted molar refractivity (Wildman–Crippen MR) is 518 cm³/mol. The molecule has 1 aliphatic rings. The summed E-state index contributed by atoms with van der Waals surface area (Å²) in [5.41, 5.74) is 20.5. The van der Waals surface area contributed by atoms with E-state index in [1.54, 1.807) is 120 Å². The summed E-state index contributed by atoms with van der Waals surface area (Å²) in [7, 11) is 2.54. The number of fused-ring (bicyclic) bond motifs is 1. The molecule has 5 aromatic carbocycles. The first-order valence-corrected chi connectivity index (χ1v) is 46.9. The molecule has 7 rings (SSSR count). The predicted octanol–water partition coefficient (Wildman–Crippen LogP) is -1.59. The molecule has 1 aromatic heterocycles. The Kier molecular flexibility index (Phi) is 44.4. The number of guanidine groups is 2. The van der Waals surface area contributed by atoms with Gasteiger partial charge in [-0.3, -0.25) is 92.3 Å². The number of amides is 16. The maximum absolute atomic E-state index is 15.5. The number of thioether (sulfide) groups is 1. The van der Waals surface area contributed by atoms with Gasteiger partial charge in [-0.15, -0.1) is 11.8 Å². The van der Waals surface area contributed by atoms with Gasteiger partial charge in [-0.05, 0) is 114 Å². The van der Waals surface area contributed by atoms with E-state index in [4.69, 9.17) is 28.0 Å². The van der Waals surface area contributed by atoms with Crippen LogP contribution in [0.1, 0.15) is 122 Å². The number of nitrogens with two attached hydrogens (primary N) is 3. The number of benzene rings is 5. The number of H-pyrrole nitrogens is 1. The number of phenols is 1. The molecule has 752 valence electrons. The van der Waals surface area contributed by atoms with Crippen molar-refractivity contribution in [3.63, 3.8) is 0 Å². The quantitative estimate of drug-likeness (QED) is 0.0143. The van der Waals surface area contributed by atoms with Crippen molar-refractivity contribution in [1.29, 1.82) is 10.8 Å². The lowest BCUT2D eigenvalue weighted by Crippen LogP contribution is -2.61. The molecule has 0 radical (unpaired) electrons. The number of carboxylic acid groups (broad SMARTS) is 1. The first-order chi connectivity index (χ1) is 66.0. The van der Waals surface area contributed by atoms with E-state index in [0.717, 1.165) is 20.9 Å². The third-order valence-corrected chi connectivity index (χ3v) is 23.7. The highest BCUT2D eigenvalue weighted by molar-refractivity contribution is 8.00. The summed E-state index contributed by atoms with van der Waals surface area (Å²) in [4.78, 5) is 253. The number of aliphatic hydroxyl groups excluding tert-OH is 1. The zero-order valence-electron chi connectivity index (χ0n) is 79.3. The molecular weight excluding hydrogens is 1820 g/mol. The van der Waals surface area contributed by atoms with Crippen LogP contribution in [0, 0.1) is 28.6 Å². The van der Waals surface area contributed by atoms with Gasteiger partial charge in [-0.1, -0.05) is 164 Å². The highest BCUT2D eigenvalue weighted by atomic mass is 32.2. The van der Waals surface area contributed by atoms with Gasteiger partial charge in [-0.2, -0.15) is 0 Å². The number of primary amides is 1. The number of carbonyl (C=O) groups excluding carboxylic acids is 16. The minimum atomic E-state index is -2.07. The van der Waals surface area contributed by atoms with Crippen LogP contribution in [0.15, 0.2) is 140 Å². The average molecular weight is 1950 g/mol. The summed E-state index contributed by atoms with van der Waals surface area (Å²) in [5, 5.41) is 86.7. The molecule has 2 heterocycles. The molecule has 1 fully saturated rings. The average Bonchev–Trinajstić information content (AvgIpc) is 1.67. The van der Waals surface area contributed by atoms with Gasteiger partial charge in [0.25, 0.3) is 0 Å². The number of carbonyl (C=O) groups is 17. The molecule has 0 unspecified atom stereocenters. The van der Waals surface area contributed by atoms with Gasteiger partial charge >= 0.3 is 5.97 Å². The van der Waals surface area contributed by atoms with Gasteiger partial charge < -0.3 is 127 Å². The van der Waals surface area contributed by atoms with Crippen molar-refractivity contribution in [3.05, 3.63) is 162 Å². The first-order valence-electron chi connectivity index (χ1n) is 45.8. The van der Waals surface area contributed by atoms with Crippen LogP contribution in [0.2, 0.25) is 0 Å². The van der Waals surface area contributed by atoms with Crippen molar-refractivity contribution < 1.29 is 96.8 Å². The number of likely N-dealkylation sites (N-methyl/N-ethyl adjacent to an activating group) is 2. The summed E-state index contributed by atoms with van der Waals surface area (Å²) in [6.07, 6.45) is -1.45. The topological polar surface area (TPSA) is 679 Å². The van der Waals surface area contributed by atoms with Crippen LogP contribution < -0.4 is 97.0 Å². The maximum Gasteiger partial charge on any atom is 0.305 e. The van der Waals surface area contributed by atoms with Crippen LogP contribution in [-0.4, -0.2) is 279 Å². The number of aromatic amines is 1. The molecule has 6 aromatic rings. The van der Waals surface area contributed by atoms with Gasteiger partial charge in [0, 0.05) is 75.7 Å². The lowest BCUT2D eigenvalue weighted by atomic mass is 9.98. The van der Waals surface area contributed by atoms with Crippen molar-refractivity contribution in [2.75, 3.05) is 58.4 Å². The van der Waals surface area contributed by atoms with E-state index in [9.17, 15) is 58.5 Å². The fraction of sp³-hybridized carbons (Fsp3) is 0.463. The molecule has 44 heteroatoms. The minimum Gasteiger partial charge on any atom is -0.508 e. The number of hydrogen-bond donors (Lipinski definition) is 24. The summed E-state index contributed by atoms with van der Waals surface area (Å²) in [5.74, 6) is -21.4. The summed E-state index contributed by atoms with van der Waals surface area (Å²) < 4.78 is 0. The molecule has 16 amide bonds. The molecule has 1 aliphatic heterocycles. The molecule has 0 spiro atoms. The highest BCUT2D eigenvalue weighted by Crippen LogP contribution is 2.24. The molecule has 0 aliphatic carbocycles. The van der Waals surface area contributed by atoms with Crippen LogP contribution in [0.4, 0.5) is 0 Å². The second kappa shape index (κ2) is 55.5. The largest absolute Gasteiger partial charge is 0.508 e. The van der Waals surface area contributed by atoms with E-state index in [0.29, 0.717) is 44.9 Å². The summed E-state index contributed by atoms with van der Waals surface area (Å²) >= 11 is 0.706. The Hall–Kier alpha value is -14.7. The van der Waals surface area contributed by atoms with Gasteiger partial charge in [0.2, 0.25) is 94.5 Å². The first kappa shape index (κ1) is 111. The van der Waals surface area contributed by atoms with E-state index in [2.05, 4.69) is 84.7 Å². The number of nitrogens with zero attached hydrogens (tertiary/aromatic N) is 2. The normalized spacial score (nSPS) is 22.2. The van der Waals surface area contributed by atoms with Gasteiger partial charge in [0.15, 0.2) is 11.9 Å². The van der Waals surface area contributed by atoms with Gasteiger partial charge in [0.05, 0.1) is 31.9 Å². The van der Waals surface area contributed by atoms with Crippen molar-refractivity contribution >= 4 is 135 Å². The van der Waals surface area contributed by atoms with E-state index >= 15 is 38.4 Å². The fourth-order valence-corrected chi connectivity index (χ4v) is 16.2. The van der Waals surface area contributed by atoms with Crippen molar-refractivity contribution in [2.24, 2.45) is 35.0 Å². The number of aliphatic hydroxyl groups is 1. The second-order valence-corrected chi connectivity index (χ2v) is 36.2. The lowest BCUT2D eigenvalue weighted by Gasteiger charge is -2.34. The molecular formula is C95H131N23O20S. The van der Waals surface area contributed by atoms with Crippen LogP contribution in [-0.2, 0) is 107 Å². The molecule has 27 N–H and O–H groups in total. The standard InChI is InChI=1S/C95H131N23O20S/c1-10-63-92(137)118(9)75(28-20-38-102-95(99)100)93(138)117(8)48-77(122)105-65(27-19-37-101-94(97)98)82(127)108-67(40-53(4)5)89(134)116-80(54(6)7)91(136)114-73(49-119)90(135)115-74(81(126)104-47-76(96)121)50-139-51-78(123)106-68(41-55-21-13-11-14-22-55)84(129)111-70(43-57-31-35-61(120)36-32-57)86(131)113-72(45-79(124)125)88(133)112-71(44-60-46-103-64-26-18-17-25-62(60)64)87(132)109-66(39-52(2)3)83(128)110-69(85(130)107-63)42-56-29-33-59(34-30-56)58-23-15-12-16-24-58/h11-18,21-26,29-36,46,52-54,63,65-75,80,103,119-120H,10,19-20,27-28,37-45,47-51H2,1-9H3,(H2,96,121)(H,104,126)(H,105,122)(H,106,123)(H,107,130)(H,108,127)(H,109,132)(H,110,128)(H,111,129)(H,112,133)(H,113,131)(H,114,136)(H,115,135)(H,116,134)(H,124,125)(H4,97,98,101)(H4,99,100,102)/t63-,65-,66-,67-,68-,69-,70-,71-,72-,73-,74-,75-,80-/m0/s1. The number of carboxylic acids is 1. The van der Waals surface area contributed by atoms with Crippen molar-refractivity contribution in [1.82, 2.24) is 94.5 Å². The van der Waals surface area contributed by atoms with E-state index in [1.807, 2.05) is 30.3 Å². The fourth-order valence-electron chi connectivity index (χ4n) is 15.3. The minimum absolute atomic E-state index is 0.00697. The number of rotatable bonds is 29. The number of nitrogens with one attached hydrogen (secondary N) is 18. The number of para-hydroxylation sites is 1. The maximum atomic E-state index is 15.5. The van der Waals surface area contributed by atoms with Crippen LogP contribution in [0.3, 0.4) is 0 Å². The monoisotopic (exact) mass is 1950 g/mol. The van der Waals surface area contributed by atoms with Crippen molar-refractivity contribution in [2.45, 2.75) is 204 Å². The van der Waals surface area contributed by atoms with E-state index in [1.165, 1.54) is 52.2 Å². The smallest absolute Gasteiger partial charge is 0.305 e. The molecule has 0 saturated carbocycles. The van der Waals surface area contributed by atoms with Crippen LogP contribution in [0.5, 0.6) is 5.75 Å². The Morgan fingerprint density at radius 2 is 0.914 bits per heavy atom. The molecule has 1 saturated heterocycles. The molecule has 13 atom stereocenters. The highest BCUT2D eigenvalue weighted by Gasteiger charge is 2.41. The Morgan fingerprint density at radius 3 is 1.44 bits per heavy atom. The van der Waals surface area contributed by atoms with Gasteiger partial charge in [0.1, 0.15) is 84.3 Å². The Labute approximate surface area is 809 Å². The summed E-state index contributed by atoms with van der Waals surface area (Å²) in [6, 6.07) is 15.6. The van der Waals surface area contributed by atoms with Crippen LogP contribution >= 0.6 is 11.8 Å². The zero-order chi connectivity index (χ0) is 102. The number of aliphatic carboxylic acids is 1. The Bertz CT molecular complexity index is 5260. The number of hydrogen-bond acceptors (Lipinski definition) is 22. The number of aromatic nitrogens is 1. The van der Waals surface area contributed by atoms with Crippen molar-refractivity contribution in [3.8, 4) is 16.9 Å². The number of phenolic OH excluding ortho intramolecular Hbond substituents is 1. The van der Waals surface area contributed by atoms with Crippen LogP contribution in [0.25, 0.3) is 22.0 Å². The van der Waals surface area contributed by atoms with E-state index in [-0.39, 0.29) is 89.0 Å². The third-order valence-electron chi connectivity index (χ3n) is 22.6. The molecule has 43 nitrogen and oxygen atoms in total. The molecule has 0 bridgehead atoms. The summed E-state index contributed by atoms with van der Waals surface area (Å²) in [6.45, 7) is 8.90.